The maximum absolute atomic E-state index is 11.3. The lowest BCUT2D eigenvalue weighted by Crippen LogP contribution is -2.17. The van der Waals surface area contributed by atoms with Gasteiger partial charge in [-0.1, -0.05) is 43.3 Å². The first-order valence-corrected chi connectivity index (χ1v) is 5.31. The summed E-state index contributed by atoms with van der Waals surface area (Å²) in [5.41, 5.74) is 1.20. The van der Waals surface area contributed by atoms with E-state index in [1.54, 1.807) is 6.20 Å². The van der Waals surface area contributed by atoms with Crippen LogP contribution in [0.15, 0.2) is 42.6 Å². The molecule has 2 heteroatoms. The third-order valence-corrected chi connectivity index (χ3v) is 2.08. The summed E-state index contributed by atoms with van der Waals surface area (Å²) in [7, 11) is 0. The van der Waals surface area contributed by atoms with E-state index in [2.05, 4.69) is 5.32 Å². The zero-order chi connectivity index (χ0) is 10.9. The van der Waals surface area contributed by atoms with Crippen molar-refractivity contribution in [2.75, 3.05) is 0 Å². The van der Waals surface area contributed by atoms with Crippen LogP contribution in [0.25, 0.3) is 0 Å². The third-order valence-electron chi connectivity index (χ3n) is 2.08. The van der Waals surface area contributed by atoms with Gasteiger partial charge >= 0.3 is 0 Å². The van der Waals surface area contributed by atoms with Crippen LogP contribution in [0.3, 0.4) is 0 Å². The van der Waals surface area contributed by atoms with Crippen LogP contribution >= 0.6 is 0 Å². The van der Waals surface area contributed by atoms with Gasteiger partial charge in [0.25, 0.3) is 0 Å². The second-order valence-electron chi connectivity index (χ2n) is 3.36. The Kier molecular flexibility index (Phi) is 5.23. The molecule has 0 radical (unpaired) electrons. The van der Waals surface area contributed by atoms with Crippen LogP contribution in [0, 0.1) is 0 Å². The Bertz CT molecular complexity index is 317. The van der Waals surface area contributed by atoms with Crippen molar-refractivity contribution in [1.29, 1.82) is 0 Å². The molecule has 2 nitrogen and oxygen atoms in total. The summed E-state index contributed by atoms with van der Waals surface area (Å²) in [6, 6.07) is 10.0. The van der Waals surface area contributed by atoms with E-state index in [9.17, 15) is 4.79 Å². The predicted octanol–water partition coefficient (Wildman–Crippen LogP) is 2.66. The number of benzene rings is 1. The van der Waals surface area contributed by atoms with Gasteiger partial charge in [0.2, 0.25) is 5.91 Å². The fourth-order valence-corrected chi connectivity index (χ4v) is 1.24. The Morgan fingerprint density at radius 2 is 2.07 bits per heavy atom. The average Bonchev–Trinajstić information content (AvgIpc) is 2.28. The van der Waals surface area contributed by atoms with E-state index in [1.807, 2.05) is 43.3 Å². The van der Waals surface area contributed by atoms with E-state index in [0.717, 1.165) is 12.8 Å². The number of allylic oxidation sites excluding steroid dienone is 1. The van der Waals surface area contributed by atoms with E-state index in [1.165, 1.54) is 5.56 Å². The van der Waals surface area contributed by atoms with E-state index >= 15 is 0 Å². The maximum atomic E-state index is 11.3. The average molecular weight is 203 g/mol. The largest absolute Gasteiger partial charge is 0.333 e. The summed E-state index contributed by atoms with van der Waals surface area (Å²) in [5, 5.41) is 2.73. The van der Waals surface area contributed by atoms with Gasteiger partial charge in [-0.15, -0.1) is 0 Å². The molecular weight excluding hydrogens is 186 g/mol. The molecule has 1 rings (SSSR count). The minimum atomic E-state index is 0.0727. The van der Waals surface area contributed by atoms with Crippen molar-refractivity contribution in [3.05, 3.63) is 48.2 Å². The van der Waals surface area contributed by atoms with Crippen molar-refractivity contribution >= 4 is 5.91 Å². The molecule has 0 atom stereocenters. The summed E-state index contributed by atoms with van der Waals surface area (Å²) >= 11 is 0. The highest BCUT2D eigenvalue weighted by Gasteiger charge is 1.98. The zero-order valence-corrected chi connectivity index (χ0v) is 9.07. The van der Waals surface area contributed by atoms with Crippen LogP contribution in [0.5, 0.6) is 0 Å². The van der Waals surface area contributed by atoms with Crippen molar-refractivity contribution in [3.63, 3.8) is 0 Å². The van der Waals surface area contributed by atoms with Gasteiger partial charge < -0.3 is 5.32 Å². The second kappa shape index (κ2) is 6.82. The lowest BCUT2D eigenvalue weighted by Gasteiger charge is -2.00. The molecule has 1 aromatic carbocycles. The minimum absolute atomic E-state index is 0.0727. The van der Waals surface area contributed by atoms with Crippen LogP contribution in [-0.2, 0) is 11.2 Å². The Morgan fingerprint density at radius 1 is 1.33 bits per heavy atom. The quantitative estimate of drug-likeness (QED) is 0.783. The lowest BCUT2D eigenvalue weighted by molar-refractivity contribution is -0.120. The highest BCUT2D eigenvalue weighted by molar-refractivity contribution is 5.77. The molecule has 1 aromatic rings. The number of rotatable bonds is 5. The molecule has 0 fully saturated rings. The highest BCUT2D eigenvalue weighted by Crippen LogP contribution is 2.01. The number of hydrogen-bond donors (Lipinski definition) is 1. The second-order valence-corrected chi connectivity index (χ2v) is 3.36. The molecule has 1 amide bonds. The minimum Gasteiger partial charge on any atom is -0.333 e. The van der Waals surface area contributed by atoms with Crippen LogP contribution in [0.4, 0.5) is 0 Å². The van der Waals surface area contributed by atoms with E-state index in [4.69, 9.17) is 0 Å². The van der Waals surface area contributed by atoms with Gasteiger partial charge in [0.1, 0.15) is 0 Å². The van der Waals surface area contributed by atoms with Crippen molar-refractivity contribution < 1.29 is 4.79 Å². The van der Waals surface area contributed by atoms with Crippen LogP contribution in [-0.4, -0.2) is 5.91 Å². The topological polar surface area (TPSA) is 29.1 Å². The standard InChI is InChI=1S/C13H17NO/c1-2-3-11-14-13(15)10-9-12-7-5-4-6-8-12/h3-8,11H,2,9-10H2,1H3,(H,14,15)/b11-3+. The molecule has 0 aliphatic carbocycles. The molecule has 0 aliphatic heterocycles. The Morgan fingerprint density at radius 3 is 2.73 bits per heavy atom. The first-order chi connectivity index (χ1) is 7.33. The van der Waals surface area contributed by atoms with Gasteiger partial charge in [-0.05, 0) is 24.6 Å². The summed E-state index contributed by atoms with van der Waals surface area (Å²) in [6.07, 6.45) is 5.93. The molecule has 0 spiro atoms. The molecule has 0 unspecified atom stereocenters. The third kappa shape index (κ3) is 5.01. The monoisotopic (exact) mass is 203 g/mol. The number of nitrogens with one attached hydrogen (secondary N) is 1. The van der Waals surface area contributed by atoms with Crippen LogP contribution < -0.4 is 5.32 Å². The molecule has 15 heavy (non-hydrogen) atoms. The van der Waals surface area contributed by atoms with Crippen molar-refractivity contribution in [1.82, 2.24) is 5.32 Å². The molecule has 0 saturated heterocycles. The zero-order valence-electron chi connectivity index (χ0n) is 9.07. The fourth-order valence-electron chi connectivity index (χ4n) is 1.24. The maximum Gasteiger partial charge on any atom is 0.224 e. The van der Waals surface area contributed by atoms with E-state index < -0.39 is 0 Å². The van der Waals surface area contributed by atoms with Crippen LogP contribution in [0.1, 0.15) is 25.3 Å². The molecular formula is C13H17NO. The number of aryl methyl sites for hydroxylation is 1. The summed E-state index contributed by atoms with van der Waals surface area (Å²) in [6.45, 7) is 2.03. The van der Waals surface area contributed by atoms with Gasteiger partial charge in [0, 0.05) is 6.42 Å². The SMILES string of the molecule is CC/C=C/NC(=O)CCc1ccccc1. The van der Waals surface area contributed by atoms with Gasteiger partial charge in [0.15, 0.2) is 0 Å². The number of amides is 1. The number of hydrogen-bond acceptors (Lipinski definition) is 1. The van der Waals surface area contributed by atoms with Gasteiger partial charge in [0.05, 0.1) is 0 Å². The van der Waals surface area contributed by atoms with Crippen molar-refractivity contribution in [2.24, 2.45) is 0 Å². The Labute approximate surface area is 91.0 Å². The van der Waals surface area contributed by atoms with Gasteiger partial charge in [-0.2, -0.15) is 0 Å². The van der Waals surface area contributed by atoms with E-state index in [-0.39, 0.29) is 5.91 Å². The molecule has 0 saturated carbocycles. The highest BCUT2D eigenvalue weighted by atomic mass is 16.1. The van der Waals surface area contributed by atoms with Crippen molar-refractivity contribution in [2.45, 2.75) is 26.2 Å². The normalized spacial score (nSPS) is 10.5. The summed E-state index contributed by atoms with van der Waals surface area (Å²) in [5.74, 6) is 0.0727. The van der Waals surface area contributed by atoms with Crippen molar-refractivity contribution in [3.8, 4) is 0 Å². The molecule has 80 valence electrons. The molecule has 1 N–H and O–H groups in total. The first kappa shape index (κ1) is 11.5. The lowest BCUT2D eigenvalue weighted by atomic mass is 10.1. The van der Waals surface area contributed by atoms with Gasteiger partial charge in [-0.3, -0.25) is 4.79 Å². The smallest absolute Gasteiger partial charge is 0.224 e. The van der Waals surface area contributed by atoms with Gasteiger partial charge in [-0.25, -0.2) is 0 Å². The Hall–Kier alpha value is -1.57. The molecule has 0 aliphatic rings. The van der Waals surface area contributed by atoms with E-state index in [0.29, 0.717) is 6.42 Å². The number of carbonyl (C=O) groups is 1. The molecule has 0 bridgehead atoms. The first-order valence-electron chi connectivity index (χ1n) is 5.31. The Balaban J connectivity index is 2.26. The fraction of sp³-hybridized carbons (Fsp3) is 0.308. The van der Waals surface area contributed by atoms with Crippen LogP contribution in [0.2, 0.25) is 0 Å². The summed E-state index contributed by atoms with van der Waals surface area (Å²) in [4.78, 5) is 11.3. The molecule has 0 aromatic heterocycles. The number of carbonyl (C=O) groups excluding carboxylic acids is 1. The molecule has 0 heterocycles. The predicted molar refractivity (Wildman–Crippen MR) is 62.3 cm³/mol. The summed E-state index contributed by atoms with van der Waals surface area (Å²) < 4.78 is 0.